The van der Waals surface area contributed by atoms with Gasteiger partial charge in [0.15, 0.2) is 0 Å². The molecular formula is C13H14F5NO2. The average Bonchev–Trinajstić information content (AvgIpc) is 2.32. The summed E-state index contributed by atoms with van der Waals surface area (Å²) in [5.74, 6) is -2.76. The molecule has 1 rings (SSSR count). The summed E-state index contributed by atoms with van der Waals surface area (Å²) in [6.07, 6.45) is -6.53. The molecule has 0 aromatic heterocycles. The van der Waals surface area contributed by atoms with Gasteiger partial charge < -0.3 is 10.4 Å². The third-order valence-corrected chi connectivity index (χ3v) is 2.78. The van der Waals surface area contributed by atoms with Gasteiger partial charge in [0.1, 0.15) is 17.2 Å². The predicted molar refractivity (Wildman–Crippen MR) is 64.2 cm³/mol. The Bertz CT molecular complexity index is 514. The predicted octanol–water partition coefficient (Wildman–Crippen LogP) is 2.63. The zero-order valence-corrected chi connectivity index (χ0v) is 11.1. The van der Waals surface area contributed by atoms with E-state index in [-0.39, 0.29) is 5.56 Å². The molecule has 0 heterocycles. The van der Waals surface area contributed by atoms with Gasteiger partial charge in [0.2, 0.25) is 5.91 Å². The zero-order valence-electron chi connectivity index (χ0n) is 11.1. The minimum atomic E-state index is -4.46. The first-order chi connectivity index (χ1) is 9.51. The summed E-state index contributed by atoms with van der Waals surface area (Å²) < 4.78 is 62.1. The largest absolute Gasteiger partial charge is 0.389 e. The fourth-order valence-electron chi connectivity index (χ4n) is 1.64. The molecule has 21 heavy (non-hydrogen) atoms. The van der Waals surface area contributed by atoms with Gasteiger partial charge in [-0.25, -0.2) is 8.78 Å². The van der Waals surface area contributed by atoms with Crippen molar-refractivity contribution in [1.29, 1.82) is 0 Å². The molecule has 3 nitrogen and oxygen atoms in total. The first kappa shape index (κ1) is 17.4. The van der Waals surface area contributed by atoms with Crippen LogP contribution in [0, 0.1) is 11.6 Å². The highest BCUT2D eigenvalue weighted by atomic mass is 19.4. The second kappa shape index (κ2) is 6.38. The van der Waals surface area contributed by atoms with Crippen LogP contribution >= 0.6 is 0 Å². The van der Waals surface area contributed by atoms with Crippen LogP contribution in [-0.2, 0) is 10.4 Å². The summed E-state index contributed by atoms with van der Waals surface area (Å²) in [6, 6.07) is 2.50. The SMILES string of the molecule is CC(O)(CNC(=O)CCC(F)(F)F)c1ccc(F)cc1F. The smallest absolute Gasteiger partial charge is 0.383 e. The average molecular weight is 311 g/mol. The number of nitrogens with one attached hydrogen (secondary N) is 1. The molecule has 0 fully saturated rings. The first-order valence-corrected chi connectivity index (χ1v) is 6.02. The van der Waals surface area contributed by atoms with E-state index < -0.39 is 48.7 Å². The van der Waals surface area contributed by atoms with Gasteiger partial charge in [0.05, 0.1) is 13.0 Å². The Morgan fingerprint density at radius 1 is 1.29 bits per heavy atom. The highest BCUT2D eigenvalue weighted by Gasteiger charge is 2.30. The van der Waals surface area contributed by atoms with Crippen LogP contribution in [-0.4, -0.2) is 23.7 Å². The Labute approximate surface area is 117 Å². The Morgan fingerprint density at radius 3 is 2.43 bits per heavy atom. The van der Waals surface area contributed by atoms with Crippen molar-refractivity contribution in [3.8, 4) is 0 Å². The summed E-state index contributed by atoms with van der Waals surface area (Å²) >= 11 is 0. The molecule has 8 heteroatoms. The Morgan fingerprint density at radius 2 is 1.90 bits per heavy atom. The third-order valence-electron chi connectivity index (χ3n) is 2.78. The molecule has 118 valence electrons. The number of benzene rings is 1. The standard InChI is InChI=1S/C13H14F5NO2/c1-12(21,9-3-2-8(14)6-10(9)15)7-19-11(20)4-5-13(16,17)18/h2-3,6,21H,4-5,7H2,1H3,(H,19,20). The molecule has 1 aromatic carbocycles. The number of alkyl halides is 3. The van der Waals surface area contributed by atoms with E-state index >= 15 is 0 Å². The molecule has 1 aromatic rings. The Balaban J connectivity index is 2.62. The molecule has 2 N–H and O–H groups in total. The van der Waals surface area contributed by atoms with Gasteiger partial charge in [-0.05, 0) is 13.0 Å². The van der Waals surface area contributed by atoms with Crippen molar-refractivity contribution in [3.63, 3.8) is 0 Å². The zero-order chi connectivity index (χ0) is 16.3. The lowest BCUT2D eigenvalue weighted by atomic mass is 9.95. The topological polar surface area (TPSA) is 49.3 Å². The van der Waals surface area contributed by atoms with Crippen molar-refractivity contribution in [1.82, 2.24) is 5.32 Å². The van der Waals surface area contributed by atoms with E-state index in [1.807, 2.05) is 0 Å². The lowest BCUT2D eigenvalue weighted by Gasteiger charge is -2.24. The van der Waals surface area contributed by atoms with E-state index in [2.05, 4.69) is 5.32 Å². The van der Waals surface area contributed by atoms with Crippen LogP contribution in [0.1, 0.15) is 25.3 Å². The monoisotopic (exact) mass is 311 g/mol. The van der Waals surface area contributed by atoms with E-state index in [4.69, 9.17) is 0 Å². The van der Waals surface area contributed by atoms with Crippen LogP contribution in [0.15, 0.2) is 18.2 Å². The van der Waals surface area contributed by atoms with Crippen molar-refractivity contribution in [2.75, 3.05) is 6.54 Å². The second-order valence-corrected chi connectivity index (χ2v) is 4.79. The fourth-order valence-corrected chi connectivity index (χ4v) is 1.64. The minimum absolute atomic E-state index is 0.264. The molecule has 1 atom stereocenters. The molecule has 1 unspecified atom stereocenters. The third kappa shape index (κ3) is 5.66. The van der Waals surface area contributed by atoms with Crippen molar-refractivity contribution in [2.24, 2.45) is 0 Å². The van der Waals surface area contributed by atoms with Crippen LogP contribution in [0.5, 0.6) is 0 Å². The summed E-state index contributed by atoms with van der Waals surface area (Å²) in [5, 5.41) is 12.1. The maximum absolute atomic E-state index is 13.5. The van der Waals surface area contributed by atoms with Crippen molar-refractivity contribution >= 4 is 5.91 Å². The number of rotatable bonds is 5. The van der Waals surface area contributed by atoms with Gasteiger partial charge in [-0.1, -0.05) is 6.07 Å². The van der Waals surface area contributed by atoms with Crippen LogP contribution in [0.4, 0.5) is 22.0 Å². The van der Waals surface area contributed by atoms with Gasteiger partial charge in [0, 0.05) is 18.1 Å². The Hall–Kier alpha value is -1.70. The number of carbonyl (C=O) groups excluding carboxylic acids is 1. The number of aliphatic hydroxyl groups is 1. The molecule has 0 bridgehead atoms. The maximum Gasteiger partial charge on any atom is 0.389 e. The van der Waals surface area contributed by atoms with Gasteiger partial charge in [-0.15, -0.1) is 0 Å². The lowest BCUT2D eigenvalue weighted by molar-refractivity contribution is -0.144. The summed E-state index contributed by atoms with van der Waals surface area (Å²) in [5.41, 5.74) is -2.13. The normalized spacial score (nSPS) is 14.6. The van der Waals surface area contributed by atoms with Gasteiger partial charge in [-0.3, -0.25) is 4.79 Å². The van der Waals surface area contributed by atoms with Crippen LogP contribution in [0.25, 0.3) is 0 Å². The van der Waals surface area contributed by atoms with Crippen molar-refractivity contribution in [2.45, 2.75) is 31.5 Å². The number of amides is 1. The number of hydrogen-bond donors (Lipinski definition) is 2. The van der Waals surface area contributed by atoms with Crippen LogP contribution in [0.2, 0.25) is 0 Å². The van der Waals surface area contributed by atoms with Gasteiger partial charge in [0.25, 0.3) is 0 Å². The maximum atomic E-state index is 13.5. The molecule has 0 radical (unpaired) electrons. The highest BCUT2D eigenvalue weighted by Crippen LogP contribution is 2.24. The van der Waals surface area contributed by atoms with E-state index in [1.165, 1.54) is 0 Å². The Kier molecular flexibility index (Phi) is 5.27. The van der Waals surface area contributed by atoms with E-state index in [9.17, 15) is 31.9 Å². The number of hydrogen-bond acceptors (Lipinski definition) is 2. The molecule has 1 amide bonds. The molecule has 0 aliphatic carbocycles. The van der Waals surface area contributed by atoms with Crippen molar-refractivity contribution < 1.29 is 31.9 Å². The summed E-state index contributed by atoms with van der Waals surface area (Å²) in [4.78, 5) is 11.2. The number of halogens is 5. The molecule has 0 saturated carbocycles. The van der Waals surface area contributed by atoms with E-state index in [0.717, 1.165) is 19.1 Å². The number of carbonyl (C=O) groups is 1. The van der Waals surface area contributed by atoms with Crippen molar-refractivity contribution in [3.05, 3.63) is 35.4 Å². The second-order valence-electron chi connectivity index (χ2n) is 4.79. The van der Waals surface area contributed by atoms with Crippen LogP contribution < -0.4 is 5.32 Å². The van der Waals surface area contributed by atoms with Gasteiger partial charge >= 0.3 is 6.18 Å². The van der Waals surface area contributed by atoms with Crippen LogP contribution in [0.3, 0.4) is 0 Å². The molecule has 0 spiro atoms. The van der Waals surface area contributed by atoms with E-state index in [0.29, 0.717) is 6.07 Å². The highest BCUT2D eigenvalue weighted by molar-refractivity contribution is 5.76. The summed E-state index contributed by atoms with van der Waals surface area (Å²) in [6.45, 7) is 0.666. The first-order valence-electron chi connectivity index (χ1n) is 6.02. The molecular weight excluding hydrogens is 297 g/mol. The quantitative estimate of drug-likeness (QED) is 0.821. The molecule has 0 aliphatic rings. The molecule has 0 aliphatic heterocycles. The fraction of sp³-hybridized carbons (Fsp3) is 0.462. The molecule has 0 saturated heterocycles. The lowest BCUT2D eigenvalue weighted by Crippen LogP contribution is -2.39. The summed E-state index contributed by atoms with van der Waals surface area (Å²) in [7, 11) is 0. The minimum Gasteiger partial charge on any atom is -0.383 e. The van der Waals surface area contributed by atoms with Gasteiger partial charge in [-0.2, -0.15) is 13.2 Å². The van der Waals surface area contributed by atoms with E-state index in [1.54, 1.807) is 0 Å².